The first-order valence-electron chi connectivity index (χ1n) is 5.46. The summed E-state index contributed by atoms with van der Waals surface area (Å²) in [7, 11) is 0. The van der Waals surface area contributed by atoms with E-state index < -0.39 is 18.9 Å². The van der Waals surface area contributed by atoms with Gasteiger partial charge in [-0.05, 0) is 6.42 Å². The fraction of sp³-hybridized carbons (Fsp3) is 1.00. The van der Waals surface area contributed by atoms with Gasteiger partial charge in [0.05, 0.1) is 19.8 Å². The zero-order valence-electron chi connectivity index (χ0n) is 9.83. The summed E-state index contributed by atoms with van der Waals surface area (Å²) in [5.41, 5.74) is 0. The molecule has 0 aromatic heterocycles. The SMILES string of the molecule is CCCCOCCOCOCC(O)C(F)(F)F. The fourth-order valence-electron chi connectivity index (χ4n) is 0.838. The summed E-state index contributed by atoms with van der Waals surface area (Å²) in [5.74, 6) is 0. The van der Waals surface area contributed by atoms with Crippen LogP contribution < -0.4 is 0 Å². The molecule has 0 heterocycles. The Morgan fingerprint density at radius 1 is 1.06 bits per heavy atom. The van der Waals surface area contributed by atoms with Crippen LogP contribution in [-0.4, -0.2) is 50.6 Å². The Bertz CT molecular complexity index is 175. The second kappa shape index (κ2) is 9.64. The van der Waals surface area contributed by atoms with Crippen LogP contribution in [0.5, 0.6) is 0 Å². The molecule has 4 nitrogen and oxygen atoms in total. The van der Waals surface area contributed by atoms with Crippen LogP contribution in [0.4, 0.5) is 13.2 Å². The maximum absolute atomic E-state index is 11.8. The van der Waals surface area contributed by atoms with Crippen molar-refractivity contribution in [3.05, 3.63) is 0 Å². The minimum Gasteiger partial charge on any atom is -0.382 e. The third-order valence-electron chi connectivity index (χ3n) is 1.83. The summed E-state index contributed by atoms with van der Waals surface area (Å²) in [6.45, 7) is 2.22. The molecule has 0 radical (unpaired) electrons. The topological polar surface area (TPSA) is 47.9 Å². The second-order valence-electron chi connectivity index (χ2n) is 3.42. The van der Waals surface area contributed by atoms with Gasteiger partial charge in [0.1, 0.15) is 6.79 Å². The zero-order valence-corrected chi connectivity index (χ0v) is 9.83. The van der Waals surface area contributed by atoms with Gasteiger partial charge < -0.3 is 19.3 Å². The third-order valence-corrected chi connectivity index (χ3v) is 1.83. The maximum atomic E-state index is 11.8. The Balaban J connectivity index is 3.19. The molecule has 0 fully saturated rings. The number of alkyl halides is 3. The molecule has 0 aliphatic carbocycles. The lowest BCUT2D eigenvalue weighted by Crippen LogP contribution is -2.33. The number of unbranched alkanes of at least 4 members (excludes halogenated alkanes) is 1. The molecule has 1 atom stereocenters. The number of rotatable bonds is 10. The van der Waals surface area contributed by atoms with Crippen LogP contribution in [0.1, 0.15) is 19.8 Å². The van der Waals surface area contributed by atoms with Crippen molar-refractivity contribution in [2.45, 2.75) is 32.0 Å². The van der Waals surface area contributed by atoms with Crippen molar-refractivity contribution in [2.24, 2.45) is 0 Å². The molecule has 0 aliphatic rings. The first-order chi connectivity index (χ1) is 7.98. The Kier molecular flexibility index (Phi) is 9.43. The average molecular weight is 260 g/mol. The molecule has 0 saturated carbocycles. The van der Waals surface area contributed by atoms with Crippen LogP contribution in [0.3, 0.4) is 0 Å². The zero-order chi connectivity index (χ0) is 13.1. The van der Waals surface area contributed by atoms with Crippen LogP contribution in [0.25, 0.3) is 0 Å². The summed E-state index contributed by atoms with van der Waals surface area (Å²) >= 11 is 0. The lowest BCUT2D eigenvalue weighted by molar-refractivity contribution is -0.225. The first kappa shape index (κ1) is 16.6. The Hall–Kier alpha value is -0.370. The van der Waals surface area contributed by atoms with Gasteiger partial charge in [-0.15, -0.1) is 0 Å². The molecule has 0 rings (SSSR count). The molecule has 0 spiro atoms. The number of halogens is 3. The number of hydrogen-bond acceptors (Lipinski definition) is 4. The minimum atomic E-state index is -4.65. The summed E-state index contributed by atoms with van der Waals surface area (Å²) in [6.07, 6.45) is -5.11. The Labute approximate surface area is 98.7 Å². The third kappa shape index (κ3) is 10.5. The van der Waals surface area contributed by atoms with E-state index in [1.165, 1.54) is 0 Å². The standard InChI is InChI=1S/C10H19F3O4/c1-2-3-4-15-5-6-16-8-17-7-9(14)10(11,12)13/h9,14H,2-8H2,1H3. The van der Waals surface area contributed by atoms with Crippen molar-refractivity contribution in [3.63, 3.8) is 0 Å². The summed E-state index contributed by atoms with van der Waals surface area (Å²) in [5, 5.41) is 8.56. The summed E-state index contributed by atoms with van der Waals surface area (Å²) in [6, 6.07) is 0. The van der Waals surface area contributed by atoms with E-state index in [1.54, 1.807) is 0 Å². The van der Waals surface area contributed by atoms with Gasteiger partial charge in [0.2, 0.25) is 0 Å². The van der Waals surface area contributed by atoms with Crippen molar-refractivity contribution < 1.29 is 32.5 Å². The molecule has 0 aliphatic heterocycles. The largest absolute Gasteiger partial charge is 0.416 e. The van der Waals surface area contributed by atoms with Gasteiger partial charge in [0.15, 0.2) is 6.10 Å². The smallest absolute Gasteiger partial charge is 0.382 e. The molecule has 1 N–H and O–H groups in total. The Morgan fingerprint density at radius 3 is 2.29 bits per heavy atom. The number of ether oxygens (including phenoxy) is 3. The van der Waals surface area contributed by atoms with E-state index >= 15 is 0 Å². The average Bonchev–Trinajstić information content (AvgIpc) is 2.25. The lowest BCUT2D eigenvalue weighted by Gasteiger charge is -2.14. The monoisotopic (exact) mass is 260 g/mol. The molecule has 0 aromatic carbocycles. The molecule has 0 aromatic rings. The van der Waals surface area contributed by atoms with Gasteiger partial charge in [-0.25, -0.2) is 0 Å². The van der Waals surface area contributed by atoms with Crippen LogP contribution in [0.2, 0.25) is 0 Å². The molecule has 0 bridgehead atoms. The summed E-state index contributed by atoms with van der Waals surface area (Å²) < 4.78 is 49.9. The normalized spacial score (nSPS) is 13.9. The maximum Gasteiger partial charge on any atom is 0.416 e. The summed E-state index contributed by atoms with van der Waals surface area (Å²) in [4.78, 5) is 0. The molecule has 17 heavy (non-hydrogen) atoms. The van der Waals surface area contributed by atoms with E-state index in [1.807, 2.05) is 6.92 Å². The van der Waals surface area contributed by atoms with Crippen molar-refractivity contribution in [3.8, 4) is 0 Å². The van der Waals surface area contributed by atoms with Gasteiger partial charge in [-0.2, -0.15) is 13.2 Å². The van der Waals surface area contributed by atoms with Crippen molar-refractivity contribution in [1.29, 1.82) is 0 Å². The predicted octanol–water partition coefficient (Wildman–Crippen LogP) is 1.72. The number of hydrogen-bond donors (Lipinski definition) is 1. The molecular formula is C10H19F3O4. The first-order valence-corrected chi connectivity index (χ1v) is 5.46. The van der Waals surface area contributed by atoms with Crippen LogP contribution in [0.15, 0.2) is 0 Å². The van der Waals surface area contributed by atoms with Crippen molar-refractivity contribution >= 4 is 0 Å². The Morgan fingerprint density at radius 2 is 1.71 bits per heavy atom. The molecule has 0 saturated heterocycles. The van der Waals surface area contributed by atoms with Crippen LogP contribution in [0, 0.1) is 0 Å². The van der Waals surface area contributed by atoms with Gasteiger partial charge in [-0.3, -0.25) is 0 Å². The molecule has 7 heteroatoms. The van der Waals surface area contributed by atoms with E-state index in [2.05, 4.69) is 4.74 Å². The highest BCUT2D eigenvalue weighted by molar-refractivity contribution is 4.62. The highest BCUT2D eigenvalue weighted by Gasteiger charge is 2.38. The molecular weight excluding hydrogens is 241 g/mol. The van der Waals surface area contributed by atoms with Crippen LogP contribution in [-0.2, 0) is 14.2 Å². The highest BCUT2D eigenvalue weighted by Crippen LogP contribution is 2.19. The van der Waals surface area contributed by atoms with E-state index in [0.29, 0.717) is 13.2 Å². The quantitative estimate of drug-likeness (QED) is 0.480. The molecule has 104 valence electrons. The van der Waals surface area contributed by atoms with E-state index in [0.717, 1.165) is 12.8 Å². The molecule has 0 amide bonds. The predicted molar refractivity (Wildman–Crippen MR) is 54.6 cm³/mol. The number of aliphatic hydroxyl groups is 1. The van der Waals surface area contributed by atoms with E-state index in [9.17, 15) is 13.2 Å². The lowest BCUT2D eigenvalue weighted by atomic mass is 10.4. The van der Waals surface area contributed by atoms with Gasteiger partial charge in [0.25, 0.3) is 0 Å². The van der Waals surface area contributed by atoms with Gasteiger partial charge in [-0.1, -0.05) is 13.3 Å². The minimum absolute atomic E-state index is 0.256. The molecule has 1 unspecified atom stereocenters. The van der Waals surface area contributed by atoms with Crippen LogP contribution >= 0.6 is 0 Å². The second-order valence-corrected chi connectivity index (χ2v) is 3.42. The van der Waals surface area contributed by atoms with E-state index in [4.69, 9.17) is 14.6 Å². The fourth-order valence-corrected chi connectivity index (χ4v) is 0.838. The van der Waals surface area contributed by atoms with E-state index in [-0.39, 0.29) is 13.4 Å². The van der Waals surface area contributed by atoms with Gasteiger partial charge >= 0.3 is 6.18 Å². The van der Waals surface area contributed by atoms with Gasteiger partial charge in [0, 0.05) is 6.61 Å². The highest BCUT2D eigenvalue weighted by atomic mass is 19.4. The van der Waals surface area contributed by atoms with Crippen molar-refractivity contribution in [1.82, 2.24) is 0 Å². The van der Waals surface area contributed by atoms with Crippen molar-refractivity contribution in [2.75, 3.05) is 33.2 Å². The number of aliphatic hydroxyl groups excluding tert-OH is 1.